The quantitative estimate of drug-likeness (QED) is 0.709. The number of phenols is 1. The maximum Gasteiger partial charge on any atom is 0.121 e. The largest absolute Gasteiger partial charge is 0.507 e. The predicted molar refractivity (Wildman–Crippen MR) is 68.0 cm³/mol. The van der Waals surface area contributed by atoms with Gasteiger partial charge in [-0.1, -0.05) is 43.6 Å². The molecule has 0 spiro atoms. The Labute approximate surface area is 96.3 Å². The lowest BCUT2D eigenvalue weighted by Crippen LogP contribution is -1.79. The lowest BCUT2D eigenvalue weighted by molar-refractivity contribution is 0.467. The van der Waals surface area contributed by atoms with Gasteiger partial charge in [0.15, 0.2) is 0 Å². The molecule has 0 saturated carbocycles. The molecule has 0 amide bonds. The highest BCUT2D eigenvalue weighted by molar-refractivity contribution is 9.10. The Morgan fingerprint density at radius 2 is 1.21 bits per heavy atom. The minimum Gasteiger partial charge on any atom is -0.507 e. The molecule has 14 heavy (non-hydrogen) atoms. The molecule has 0 saturated heterocycles. The van der Waals surface area contributed by atoms with Gasteiger partial charge in [-0.05, 0) is 37.1 Å². The third kappa shape index (κ3) is 5.28. The normalized spacial score (nSPS) is 7.93. The molecule has 1 aromatic carbocycles. The summed E-state index contributed by atoms with van der Waals surface area (Å²) in [4.78, 5) is 0. The zero-order chi connectivity index (χ0) is 11.7. The second kappa shape index (κ2) is 9.07. The monoisotopic (exact) mass is 260 g/mol. The van der Waals surface area contributed by atoms with E-state index in [1.807, 2.05) is 53.7 Å². The molecule has 0 aliphatic rings. The van der Waals surface area contributed by atoms with Crippen molar-refractivity contribution >= 4 is 15.9 Å². The van der Waals surface area contributed by atoms with Crippen molar-refractivity contribution in [3.63, 3.8) is 0 Å². The molecule has 0 bridgehead atoms. The number of hydrogen-bond donors (Lipinski definition) is 1. The van der Waals surface area contributed by atoms with Crippen LogP contribution in [0.25, 0.3) is 0 Å². The van der Waals surface area contributed by atoms with Crippen LogP contribution in [0.5, 0.6) is 5.75 Å². The van der Waals surface area contributed by atoms with Crippen molar-refractivity contribution in [2.24, 2.45) is 0 Å². The van der Waals surface area contributed by atoms with E-state index < -0.39 is 0 Å². The molecule has 0 atom stereocenters. The fourth-order valence-corrected chi connectivity index (χ4v) is 1.59. The van der Waals surface area contributed by atoms with Gasteiger partial charge in [0.05, 0.1) is 0 Å². The van der Waals surface area contributed by atoms with Crippen LogP contribution in [-0.2, 0) is 0 Å². The number of hydrogen-bond acceptors (Lipinski definition) is 1. The Kier molecular flexibility index (Phi) is 10.3. The van der Waals surface area contributed by atoms with E-state index in [0.717, 1.165) is 15.6 Å². The van der Waals surface area contributed by atoms with Crippen LogP contribution in [0.2, 0.25) is 0 Å². The van der Waals surface area contributed by atoms with Gasteiger partial charge in [0.25, 0.3) is 0 Å². The van der Waals surface area contributed by atoms with Crippen LogP contribution < -0.4 is 0 Å². The number of halogens is 1. The molecule has 1 nitrogen and oxygen atoms in total. The highest BCUT2D eigenvalue weighted by atomic mass is 79.9. The second-order valence-corrected chi connectivity index (χ2v) is 3.30. The zero-order valence-electron chi connectivity index (χ0n) is 9.98. The van der Waals surface area contributed by atoms with E-state index in [0.29, 0.717) is 5.75 Å². The van der Waals surface area contributed by atoms with Gasteiger partial charge in [-0.2, -0.15) is 0 Å². The predicted octanol–water partition coefficient (Wildman–Crippen LogP) is 4.82. The molecule has 0 aromatic heterocycles. The van der Waals surface area contributed by atoms with Crippen LogP contribution in [-0.4, -0.2) is 5.11 Å². The van der Waals surface area contributed by atoms with E-state index in [4.69, 9.17) is 0 Å². The number of aromatic hydroxyl groups is 1. The highest BCUT2D eigenvalue weighted by Gasteiger charge is 1.99. The van der Waals surface area contributed by atoms with Gasteiger partial charge in [-0.25, -0.2) is 0 Å². The van der Waals surface area contributed by atoms with Gasteiger partial charge < -0.3 is 5.11 Å². The lowest BCUT2D eigenvalue weighted by atomic mass is 10.1. The van der Waals surface area contributed by atoms with E-state index in [9.17, 15) is 5.11 Å². The fraction of sp³-hybridized carbons (Fsp3) is 0.500. The summed E-state index contributed by atoms with van der Waals surface area (Å²) >= 11 is 3.34. The molecule has 0 fully saturated rings. The van der Waals surface area contributed by atoms with Gasteiger partial charge >= 0.3 is 0 Å². The third-order valence-corrected chi connectivity index (χ3v) is 1.91. The third-order valence-electron chi connectivity index (χ3n) is 1.46. The summed E-state index contributed by atoms with van der Waals surface area (Å²) in [6.07, 6.45) is 0. The maximum atomic E-state index is 9.31. The first kappa shape index (κ1) is 15.9. The van der Waals surface area contributed by atoms with Crippen molar-refractivity contribution < 1.29 is 5.11 Å². The van der Waals surface area contributed by atoms with E-state index in [2.05, 4.69) is 15.9 Å². The lowest BCUT2D eigenvalue weighted by Gasteiger charge is -2.02. The Morgan fingerprint density at radius 3 is 1.50 bits per heavy atom. The van der Waals surface area contributed by atoms with Gasteiger partial charge in [-0.3, -0.25) is 0 Å². The Morgan fingerprint density at radius 1 is 0.929 bits per heavy atom. The van der Waals surface area contributed by atoms with E-state index in [1.54, 1.807) is 0 Å². The van der Waals surface area contributed by atoms with E-state index >= 15 is 0 Å². The van der Waals surface area contributed by atoms with Crippen molar-refractivity contribution in [2.75, 3.05) is 0 Å². The van der Waals surface area contributed by atoms with E-state index in [1.165, 1.54) is 0 Å². The first-order valence-electron chi connectivity index (χ1n) is 5.07. The van der Waals surface area contributed by atoms with Crippen LogP contribution in [0, 0.1) is 13.8 Å². The standard InChI is InChI=1S/C8H9BrO.2C2H6/c1-5-3-7(9)4-6(2)8(5)10;2*1-2/h3-4,10H,1-2H3;2*1-2H3. The average molecular weight is 261 g/mol. The van der Waals surface area contributed by atoms with Gasteiger partial charge in [0, 0.05) is 4.47 Å². The first-order valence-corrected chi connectivity index (χ1v) is 5.86. The fourth-order valence-electron chi connectivity index (χ4n) is 0.903. The minimum atomic E-state index is 0.392. The molecule has 82 valence electrons. The number of rotatable bonds is 0. The Balaban J connectivity index is 0. The molecule has 0 unspecified atom stereocenters. The summed E-state index contributed by atoms with van der Waals surface area (Å²) < 4.78 is 1.01. The molecule has 1 rings (SSSR count). The summed E-state index contributed by atoms with van der Waals surface area (Å²) in [5.41, 5.74) is 1.82. The van der Waals surface area contributed by atoms with Gasteiger partial charge in [-0.15, -0.1) is 0 Å². The SMILES string of the molecule is CC.CC.Cc1cc(Br)cc(C)c1O. The minimum absolute atomic E-state index is 0.392. The van der Waals surface area contributed by atoms with Gasteiger partial charge in [0.2, 0.25) is 0 Å². The van der Waals surface area contributed by atoms with Crippen molar-refractivity contribution in [3.8, 4) is 5.75 Å². The van der Waals surface area contributed by atoms with Crippen LogP contribution >= 0.6 is 15.9 Å². The second-order valence-electron chi connectivity index (χ2n) is 2.39. The molecular weight excluding hydrogens is 240 g/mol. The molecule has 1 N–H and O–H groups in total. The summed E-state index contributed by atoms with van der Waals surface area (Å²) in [6, 6.07) is 3.78. The molecule has 2 heteroatoms. The van der Waals surface area contributed by atoms with Crippen LogP contribution in [0.1, 0.15) is 38.8 Å². The van der Waals surface area contributed by atoms with Crippen LogP contribution in [0.15, 0.2) is 16.6 Å². The van der Waals surface area contributed by atoms with Crippen molar-refractivity contribution in [2.45, 2.75) is 41.5 Å². The smallest absolute Gasteiger partial charge is 0.121 e. The Hall–Kier alpha value is -0.500. The molecule has 0 radical (unpaired) electrons. The molecular formula is C12H21BrO. The van der Waals surface area contributed by atoms with Crippen molar-refractivity contribution in [1.82, 2.24) is 0 Å². The number of aryl methyl sites for hydroxylation is 2. The highest BCUT2D eigenvalue weighted by Crippen LogP contribution is 2.25. The van der Waals surface area contributed by atoms with Crippen molar-refractivity contribution in [1.29, 1.82) is 0 Å². The maximum absolute atomic E-state index is 9.31. The van der Waals surface area contributed by atoms with Gasteiger partial charge in [0.1, 0.15) is 5.75 Å². The Bertz CT molecular complexity index is 233. The summed E-state index contributed by atoms with van der Waals surface area (Å²) in [5.74, 6) is 0.392. The summed E-state index contributed by atoms with van der Waals surface area (Å²) in [7, 11) is 0. The summed E-state index contributed by atoms with van der Waals surface area (Å²) in [5, 5.41) is 9.31. The molecule has 1 aromatic rings. The van der Waals surface area contributed by atoms with E-state index in [-0.39, 0.29) is 0 Å². The molecule has 0 aliphatic carbocycles. The average Bonchev–Trinajstić information content (AvgIpc) is 2.20. The number of phenolic OH excluding ortho intramolecular Hbond substituents is 1. The number of benzene rings is 1. The topological polar surface area (TPSA) is 20.2 Å². The summed E-state index contributed by atoms with van der Waals surface area (Å²) in [6.45, 7) is 11.8. The first-order chi connectivity index (χ1) is 6.61. The molecule has 0 aliphatic heterocycles. The zero-order valence-corrected chi connectivity index (χ0v) is 11.6. The van der Waals surface area contributed by atoms with Crippen molar-refractivity contribution in [3.05, 3.63) is 27.7 Å². The molecule has 0 heterocycles. The van der Waals surface area contributed by atoms with Crippen LogP contribution in [0.3, 0.4) is 0 Å². The van der Waals surface area contributed by atoms with Crippen LogP contribution in [0.4, 0.5) is 0 Å².